The molecule has 1 aromatic carbocycles. The van der Waals surface area contributed by atoms with E-state index in [1.807, 2.05) is 34.9 Å². The minimum atomic E-state index is -0.0351. The number of aromatic amines is 1. The highest BCUT2D eigenvalue weighted by Crippen LogP contribution is 2.33. The number of amides is 2. The van der Waals surface area contributed by atoms with Crippen molar-refractivity contribution in [2.75, 3.05) is 32.8 Å². The van der Waals surface area contributed by atoms with Gasteiger partial charge in [-0.2, -0.15) is 0 Å². The third-order valence-corrected chi connectivity index (χ3v) is 5.97. The molecule has 7 heteroatoms. The van der Waals surface area contributed by atoms with Crippen molar-refractivity contribution in [2.24, 2.45) is 5.92 Å². The van der Waals surface area contributed by atoms with Crippen LogP contribution in [0.2, 0.25) is 0 Å². The van der Waals surface area contributed by atoms with Crippen LogP contribution in [-0.2, 0) is 20.9 Å². The molecule has 1 unspecified atom stereocenters. The normalized spacial score (nSPS) is 19.8. The summed E-state index contributed by atoms with van der Waals surface area (Å²) in [5.41, 5.74) is 3.23. The Hall–Kier alpha value is -2.67. The maximum absolute atomic E-state index is 13.3. The van der Waals surface area contributed by atoms with E-state index < -0.39 is 0 Å². The predicted molar refractivity (Wildman–Crippen MR) is 108 cm³/mol. The molecule has 4 rings (SSSR count). The lowest BCUT2D eigenvalue weighted by Crippen LogP contribution is -2.47. The quantitative estimate of drug-likeness (QED) is 0.840. The maximum Gasteiger partial charge on any atom is 0.248 e. The third kappa shape index (κ3) is 4.19. The maximum atomic E-state index is 13.3. The minimum Gasteiger partial charge on any atom is -0.372 e. The van der Waals surface area contributed by atoms with Crippen molar-refractivity contribution in [1.29, 1.82) is 0 Å². The van der Waals surface area contributed by atoms with Gasteiger partial charge in [0.15, 0.2) is 0 Å². The number of nitrogens with one attached hydrogen (secondary N) is 1. The molecule has 0 aliphatic carbocycles. The van der Waals surface area contributed by atoms with Crippen molar-refractivity contribution < 1.29 is 14.3 Å². The zero-order chi connectivity index (χ0) is 20.2. The van der Waals surface area contributed by atoms with E-state index in [4.69, 9.17) is 4.74 Å². The van der Waals surface area contributed by atoms with Crippen LogP contribution in [0, 0.1) is 5.92 Å². The van der Waals surface area contributed by atoms with Crippen LogP contribution in [0.5, 0.6) is 0 Å². The zero-order valence-electron chi connectivity index (χ0n) is 16.8. The van der Waals surface area contributed by atoms with Crippen LogP contribution in [-0.4, -0.2) is 64.4 Å². The highest BCUT2D eigenvalue weighted by Gasteiger charge is 2.35. The first kappa shape index (κ1) is 19.6. The van der Waals surface area contributed by atoms with Gasteiger partial charge in [-0.3, -0.25) is 9.59 Å². The van der Waals surface area contributed by atoms with Crippen molar-refractivity contribution in [2.45, 2.75) is 32.2 Å². The Morgan fingerprint density at radius 1 is 1.17 bits per heavy atom. The number of aromatic nitrogens is 2. The number of carbonyl (C=O) groups excluding carboxylic acids is 2. The highest BCUT2D eigenvalue weighted by atomic mass is 16.5. The lowest BCUT2D eigenvalue weighted by molar-refractivity contribution is -0.143. The summed E-state index contributed by atoms with van der Waals surface area (Å²) in [7, 11) is 0. The Morgan fingerprint density at radius 3 is 2.66 bits per heavy atom. The third-order valence-electron chi connectivity index (χ3n) is 5.97. The number of carbonyl (C=O) groups is 2. The second-order valence-electron chi connectivity index (χ2n) is 7.74. The number of rotatable bonds is 5. The molecule has 2 amide bonds. The molecule has 0 saturated carbocycles. The molecule has 0 spiro atoms. The number of benzene rings is 1. The number of H-pyrrole nitrogens is 1. The molecular formula is C22H28N4O3. The fourth-order valence-corrected chi connectivity index (χ4v) is 4.35. The highest BCUT2D eigenvalue weighted by molar-refractivity contribution is 5.81. The molecule has 2 aromatic rings. The lowest BCUT2D eigenvalue weighted by Gasteiger charge is -2.37. The molecule has 1 fully saturated rings. The molecule has 29 heavy (non-hydrogen) atoms. The Balaban J connectivity index is 1.42. The van der Waals surface area contributed by atoms with Crippen molar-refractivity contribution >= 4 is 11.8 Å². The summed E-state index contributed by atoms with van der Waals surface area (Å²) in [6.07, 6.45) is 3.13. The second-order valence-corrected chi connectivity index (χ2v) is 7.74. The van der Waals surface area contributed by atoms with Gasteiger partial charge in [-0.25, -0.2) is 4.98 Å². The molecule has 2 aliphatic heterocycles. The topological polar surface area (TPSA) is 78.5 Å². The first-order valence-electron chi connectivity index (χ1n) is 10.4. The number of ether oxygens (including phenoxy) is 1. The van der Waals surface area contributed by atoms with Crippen LogP contribution in [0.1, 0.15) is 42.6 Å². The number of hydrogen-bond donors (Lipinski definition) is 1. The molecule has 1 aromatic heterocycles. The van der Waals surface area contributed by atoms with Gasteiger partial charge >= 0.3 is 0 Å². The van der Waals surface area contributed by atoms with Crippen LogP contribution in [0.3, 0.4) is 0 Å². The van der Waals surface area contributed by atoms with Crippen molar-refractivity contribution in [3.05, 3.63) is 53.6 Å². The van der Waals surface area contributed by atoms with Crippen LogP contribution in [0.4, 0.5) is 0 Å². The molecule has 2 aliphatic rings. The Morgan fingerprint density at radius 2 is 1.93 bits per heavy atom. The van der Waals surface area contributed by atoms with Gasteiger partial charge in [0.05, 0.1) is 24.3 Å². The average molecular weight is 396 g/mol. The molecule has 154 valence electrons. The number of imidazole rings is 1. The van der Waals surface area contributed by atoms with Crippen molar-refractivity contribution in [1.82, 2.24) is 19.8 Å². The molecule has 1 atom stereocenters. The van der Waals surface area contributed by atoms with E-state index >= 15 is 0 Å². The second kappa shape index (κ2) is 8.78. The fourth-order valence-electron chi connectivity index (χ4n) is 4.35. The predicted octanol–water partition coefficient (Wildman–Crippen LogP) is 2.16. The summed E-state index contributed by atoms with van der Waals surface area (Å²) >= 11 is 0. The first-order chi connectivity index (χ1) is 14.2. The molecule has 1 saturated heterocycles. The van der Waals surface area contributed by atoms with E-state index in [1.54, 1.807) is 6.33 Å². The Kier molecular flexibility index (Phi) is 5.94. The SMILES string of the molecule is CCOCC(=O)N1CCC(C(=O)N2Cc3[nH]cnc3C(c3ccccc3)C2)CC1. The Bertz CT molecular complexity index is 843. The van der Waals surface area contributed by atoms with Crippen molar-refractivity contribution in [3.63, 3.8) is 0 Å². The van der Waals surface area contributed by atoms with E-state index in [2.05, 4.69) is 22.1 Å². The number of hydrogen-bond acceptors (Lipinski definition) is 4. The zero-order valence-corrected chi connectivity index (χ0v) is 16.8. The number of nitrogens with zero attached hydrogens (tertiary/aromatic N) is 3. The molecule has 0 radical (unpaired) electrons. The van der Waals surface area contributed by atoms with Gasteiger partial charge in [0.1, 0.15) is 6.61 Å². The summed E-state index contributed by atoms with van der Waals surface area (Å²) in [4.78, 5) is 36.9. The van der Waals surface area contributed by atoms with E-state index in [0.717, 1.165) is 11.4 Å². The summed E-state index contributed by atoms with van der Waals surface area (Å²) in [6.45, 7) is 4.99. The van der Waals surface area contributed by atoms with Crippen molar-refractivity contribution in [3.8, 4) is 0 Å². The summed E-state index contributed by atoms with van der Waals surface area (Å²) in [5, 5.41) is 0. The van der Waals surface area contributed by atoms with Gasteiger partial charge in [0.25, 0.3) is 0 Å². The van der Waals surface area contributed by atoms with Gasteiger partial charge in [0, 0.05) is 38.1 Å². The molecule has 0 bridgehead atoms. The van der Waals surface area contributed by atoms with E-state index in [9.17, 15) is 9.59 Å². The van der Waals surface area contributed by atoms with E-state index in [-0.39, 0.29) is 30.3 Å². The van der Waals surface area contributed by atoms with E-state index in [0.29, 0.717) is 45.6 Å². The summed E-state index contributed by atoms with van der Waals surface area (Å²) < 4.78 is 5.22. The van der Waals surface area contributed by atoms with Crippen LogP contribution < -0.4 is 0 Å². The van der Waals surface area contributed by atoms with Crippen LogP contribution in [0.15, 0.2) is 36.7 Å². The standard InChI is InChI=1S/C22H28N4O3/c1-2-29-14-20(27)25-10-8-17(9-11-25)22(28)26-12-18(16-6-4-3-5-7-16)21-19(13-26)23-15-24-21/h3-7,15,17-18H,2,8-14H2,1H3,(H,23,24). The van der Waals surface area contributed by atoms with Gasteiger partial charge in [-0.15, -0.1) is 0 Å². The summed E-state index contributed by atoms with van der Waals surface area (Å²) in [6, 6.07) is 10.2. The minimum absolute atomic E-state index is 0.0157. The van der Waals surface area contributed by atoms with Gasteiger partial charge in [0.2, 0.25) is 11.8 Å². The monoisotopic (exact) mass is 396 g/mol. The smallest absolute Gasteiger partial charge is 0.248 e. The average Bonchev–Trinajstić information content (AvgIpc) is 3.25. The largest absolute Gasteiger partial charge is 0.372 e. The molecule has 3 heterocycles. The number of piperidine rings is 1. The summed E-state index contributed by atoms with van der Waals surface area (Å²) in [5.74, 6) is 0.250. The number of likely N-dealkylation sites (tertiary alicyclic amines) is 1. The molecule has 1 N–H and O–H groups in total. The van der Waals surface area contributed by atoms with Crippen LogP contribution in [0.25, 0.3) is 0 Å². The fraction of sp³-hybridized carbons (Fsp3) is 0.500. The van der Waals surface area contributed by atoms with Gasteiger partial charge in [-0.1, -0.05) is 30.3 Å². The van der Waals surface area contributed by atoms with Gasteiger partial charge in [-0.05, 0) is 25.3 Å². The van der Waals surface area contributed by atoms with Gasteiger partial charge < -0.3 is 19.5 Å². The lowest BCUT2D eigenvalue weighted by atomic mass is 9.89. The van der Waals surface area contributed by atoms with Crippen LogP contribution >= 0.6 is 0 Å². The first-order valence-corrected chi connectivity index (χ1v) is 10.4. The van der Waals surface area contributed by atoms with E-state index in [1.165, 1.54) is 5.56 Å². The number of fused-ring (bicyclic) bond motifs is 1. The molecular weight excluding hydrogens is 368 g/mol. The molecule has 7 nitrogen and oxygen atoms in total. The Labute approximate surface area is 171 Å².